The van der Waals surface area contributed by atoms with E-state index in [0.717, 1.165) is 39.0 Å². The summed E-state index contributed by atoms with van der Waals surface area (Å²) in [6, 6.07) is 4.14. The largest absolute Gasteiger partial charge is 0.484 e. The number of ether oxygens (including phenoxy) is 1. The van der Waals surface area contributed by atoms with Gasteiger partial charge in [-0.3, -0.25) is 20.7 Å². The zero-order valence-corrected chi connectivity index (χ0v) is 16.1. The van der Waals surface area contributed by atoms with Gasteiger partial charge in [0.2, 0.25) is 0 Å². The van der Waals surface area contributed by atoms with Crippen LogP contribution in [0.15, 0.2) is 18.2 Å². The van der Waals surface area contributed by atoms with Crippen LogP contribution in [0.25, 0.3) is 0 Å². The molecular weight excluding hydrogens is 387 g/mol. The minimum absolute atomic E-state index is 0.0302. The van der Waals surface area contributed by atoms with Gasteiger partial charge in [0.15, 0.2) is 6.61 Å². The van der Waals surface area contributed by atoms with Crippen LogP contribution in [0.4, 0.5) is 4.39 Å². The number of hydrazine groups is 1. The molecule has 1 aromatic rings. The van der Waals surface area contributed by atoms with E-state index in [2.05, 4.69) is 31.7 Å². The highest BCUT2D eigenvalue weighted by molar-refractivity contribution is 6.30. The molecule has 2 atom stereocenters. The summed E-state index contributed by atoms with van der Waals surface area (Å²) < 4.78 is 18.8. The van der Waals surface area contributed by atoms with Crippen LogP contribution in [0.3, 0.4) is 0 Å². The van der Waals surface area contributed by atoms with Crippen molar-refractivity contribution < 1.29 is 13.9 Å². The quantitative estimate of drug-likeness (QED) is 0.446. The van der Waals surface area contributed by atoms with Crippen molar-refractivity contribution in [3.8, 4) is 5.75 Å². The summed E-state index contributed by atoms with van der Waals surface area (Å²) >= 11 is 5.64. The number of fused-ring (bicyclic) bond motifs is 1. The molecule has 2 saturated heterocycles. The Hall–Kier alpha value is -1.49. The number of piperazine rings is 1. The Balaban J connectivity index is 1.08. The molecule has 2 bridgehead atoms. The van der Waals surface area contributed by atoms with E-state index in [-0.39, 0.29) is 40.9 Å². The molecule has 10 heteroatoms. The highest BCUT2D eigenvalue weighted by Crippen LogP contribution is 2.60. The number of carbonyl (C=O) groups is 1. The van der Waals surface area contributed by atoms with Gasteiger partial charge in [0.25, 0.3) is 5.91 Å². The SMILES string of the molecule is O=C(COc1ccc(Cl)c(F)c1)NC12CC(NC3NCCN4NCNC34)(C1)C2. The first-order valence-corrected chi connectivity index (χ1v) is 9.97. The molecular formula is C18H24ClFN6O2. The van der Waals surface area contributed by atoms with E-state index in [1.165, 1.54) is 12.1 Å². The highest BCUT2D eigenvalue weighted by atomic mass is 35.5. The van der Waals surface area contributed by atoms with Gasteiger partial charge in [-0.25, -0.2) is 14.8 Å². The summed E-state index contributed by atoms with van der Waals surface area (Å²) in [5.41, 5.74) is 3.30. The Morgan fingerprint density at radius 1 is 1.32 bits per heavy atom. The third-order valence-corrected chi connectivity index (χ3v) is 6.43. The molecule has 28 heavy (non-hydrogen) atoms. The van der Waals surface area contributed by atoms with Crippen LogP contribution in [0.5, 0.6) is 5.75 Å². The molecule has 1 amide bonds. The predicted molar refractivity (Wildman–Crippen MR) is 101 cm³/mol. The van der Waals surface area contributed by atoms with Crippen molar-refractivity contribution in [2.24, 2.45) is 0 Å². The molecule has 152 valence electrons. The number of nitrogens with zero attached hydrogens (tertiary/aromatic N) is 1. The molecule has 0 spiro atoms. The predicted octanol–water partition coefficient (Wildman–Crippen LogP) is -0.138. The number of nitrogens with one attached hydrogen (secondary N) is 5. The Morgan fingerprint density at radius 3 is 2.93 bits per heavy atom. The molecule has 0 radical (unpaired) electrons. The van der Waals surface area contributed by atoms with Gasteiger partial charge in [-0.2, -0.15) is 0 Å². The smallest absolute Gasteiger partial charge is 0.258 e. The molecule has 6 rings (SSSR count). The van der Waals surface area contributed by atoms with E-state index in [1.807, 2.05) is 0 Å². The van der Waals surface area contributed by atoms with Gasteiger partial charge in [-0.1, -0.05) is 11.6 Å². The lowest BCUT2D eigenvalue weighted by Crippen LogP contribution is -2.86. The minimum Gasteiger partial charge on any atom is -0.484 e. The third-order valence-electron chi connectivity index (χ3n) is 6.12. The van der Waals surface area contributed by atoms with Gasteiger partial charge >= 0.3 is 0 Å². The molecule has 5 aliphatic rings. The lowest BCUT2D eigenvalue weighted by Gasteiger charge is -2.71. The first kappa shape index (κ1) is 18.5. The number of halogens is 2. The molecule has 5 N–H and O–H groups in total. The molecule has 1 aromatic carbocycles. The van der Waals surface area contributed by atoms with Crippen LogP contribution in [0.1, 0.15) is 19.3 Å². The van der Waals surface area contributed by atoms with Crippen molar-refractivity contribution in [3.05, 3.63) is 29.0 Å². The maximum absolute atomic E-state index is 13.4. The van der Waals surface area contributed by atoms with Crippen LogP contribution in [-0.2, 0) is 4.79 Å². The number of amides is 1. The van der Waals surface area contributed by atoms with Gasteiger partial charge in [0.1, 0.15) is 17.7 Å². The fraction of sp³-hybridized carbons (Fsp3) is 0.611. The first-order chi connectivity index (χ1) is 13.5. The first-order valence-electron chi connectivity index (χ1n) is 9.60. The maximum Gasteiger partial charge on any atom is 0.258 e. The molecule has 2 unspecified atom stereocenters. The lowest BCUT2D eigenvalue weighted by atomic mass is 9.44. The van der Waals surface area contributed by atoms with Crippen molar-refractivity contribution in [1.82, 2.24) is 31.7 Å². The summed E-state index contributed by atoms with van der Waals surface area (Å²) in [4.78, 5) is 12.2. The second-order valence-corrected chi connectivity index (χ2v) is 8.66. The standard InChI is InChI=1S/C18H24ClFN6O2/c19-12-2-1-11(5-13(12)20)28-6-14(27)24-17-7-18(8-17,9-17)25-15-16-22-10-23-26(16)4-3-21-15/h1-2,5,15-16,21-23,25H,3-4,6-10H2,(H,24,27). The Kier molecular flexibility index (Phi) is 4.49. The zero-order valence-electron chi connectivity index (χ0n) is 15.4. The summed E-state index contributed by atoms with van der Waals surface area (Å²) in [6.07, 6.45) is 3.17. The fourth-order valence-electron chi connectivity index (χ4n) is 5.01. The second-order valence-electron chi connectivity index (χ2n) is 8.26. The molecule has 5 fully saturated rings. The average Bonchev–Trinajstić information content (AvgIpc) is 3.09. The van der Waals surface area contributed by atoms with E-state index < -0.39 is 5.82 Å². The van der Waals surface area contributed by atoms with Crippen LogP contribution in [-0.4, -0.2) is 60.7 Å². The number of rotatable bonds is 6. The monoisotopic (exact) mass is 410 g/mol. The van der Waals surface area contributed by atoms with Crippen LogP contribution >= 0.6 is 11.6 Å². The van der Waals surface area contributed by atoms with Gasteiger partial charge in [-0.05, 0) is 31.4 Å². The van der Waals surface area contributed by atoms with E-state index in [9.17, 15) is 9.18 Å². The molecule has 3 aliphatic carbocycles. The van der Waals surface area contributed by atoms with E-state index >= 15 is 0 Å². The van der Waals surface area contributed by atoms with Crippen molar-refractivity contribution in [2.75, 3.05) is 26.4 Å². The number of hydrogen-bond acceptors (Lipinski definition) is 7. The summed E-state index contributed by atoms with van der Waals surface area (Å²) in [5, 5.41) is 16.1. The molecule has 8 nitrogen and oxygen atoms in total. The number of benzene rings is 1. The third kappa shape index (κ3) is 3.26. The summed E-state index contributed by atoms with van der Waals surface area (Å²) in [7, 11) is 0. The molecule has 2 aliphatic heterocycles. The summed E-state index contributed by atoms with van der Waals surface area (Å²) in [5.74, 6) is -0.459. The van der Waals surface area contributed by atoms with Crippen LogP contribution < -0.4 is 31.4 Å². The van der Waals surface area contributed by atoms with Crippen molar-refractivity contribution in [1.29, 1.82) is 0 Å². The van der Waals surface area contributed by atoms with E-state index in [1.54, 1.807) is 6.07 Å². The topological polar surface area (TPSA) is 89.7 Å². The average molecular weight is 411 g/mol. The Labute approximate surface area is 167 Å². The normalized spacial score (nSPS) is 36.2. The van der Waals surface area contributed by atoms with Gasteiger partial charge in [0, 0.05) is 30.2 Å². The van der Waals surface area contributed by atoms with Crippen LogP contribution in [0.2, 0.25) is 5.02 Å². The molecule has 0 aromatic heterocycles. The molecule has 3 saturated carbocycles. The van der Waals surface area contributed by atoms with Gasteiger partial charge in [0.05, 0.1) is 17.9 Å². The lowest BCUT2D eigenvalue weighted by molar-refractivity contribution is -0.147. The Bertz CT molecular complexity index is 776. The maximum atomic E-state index is 13.4. The van der Waals surface area contributed by atoms with Crippen molar-refractivity contribution in [2.45, 2.75) is 42.7 Å². The molecule has 2 heterocycles. The van der Waals surface area contributed by atoms with E-state index in [0.29, 0.717) is 5.75 Å². The van der Waals surface area contributed by atoms with Crippen molar-refractivity contribution >= 4 is 17.5 Å². The number of carbonyl (C=O) groups excluding carboxylic acids is 1. The minimum atomic E-state index is -0.561. The van der Waals surface area contributed by atoms with Gasteiger partial charge < -0.3 is 10.1 Å². The van der Waals surface area contributed by atoms with Crippen molar-refractivity contribution in [3.63, 3.8) is 0 Å². The van der Waals surface area contributed by atoms with E-state index in [4.69, 9.17) is 16.3 Å². The summed E-state index contributed by atoms with van der Waals surface area (Å²) in [6.45, 7) is 2.55. The highest BCUT2D eigenvalue weighted by Gasteiger charge is 2.69. The number of hydrogen-bond donors (Lipinski definition) is 5. The van der Waals surface area contributed by atoms with Gasteiger partial charge in [-0.15, -0.1) is 0 Å². The fourth-order valence-corrected chi connectivity index (χ4v) is 5.13. The zero-order chi connectivity index (χ0) is 19.4. The Morgan fingerprint density at radius 2 is 2.14 bits per heavy atom. The second kappa shape index (κ2) is 6.79. The van der Waals surface area contributed by atoms with Crippen LogP contribution in [0, 0.1) is 5.82 Å².